The van der Waals surface area contributed by atoms with E-state index in [9.17, 15) is 4.79 Å². The van der Waals surface area contributed by atoms with Crippen molar-refractivity contribution in [1.29, 1.82) is 0 Å². The quantitative estimate of drug-likeness (QED) is 0.499. The van der Waals surface area contributed by atoms with Crippen molar-refractivity contribution >= 4 is 17.7 Å². The van der Waals surface area contributed by atoms with Gasteiger partial charge in [-0.25, -0.2) is 0 Å². The maximum Gasteiger partial charge on any atom is 0.226 e. The zero-order valence-electron chi connectivity index (χ0n) is 16.5. The number of carbonyl (C=O) groups is 1. The van der Waals surface area contributed by atoms with Crippen molar-refractivity contribution in [1.82, 2.24) is 15.5 Å². The van der Waals surface area contributed by atoms with Gasteiger partial charge >= 0.3 is 0 Å². The van der Waals surface area contributed by atoms with E-state index in [1.165, 1.54) is 5.57 Å². The van der Waals surface area contributed by atoms with Gasteiger partial charge in [0.2, 0.25) is 5.91 Å². The van der Waals surface area contributed by atoms with Gasteiger partial charge in [0.25, 0.3) is 0 Å². The van der Waals surface area contributed by atoms with E-state index >= 15 is 0 Å². The molecular formula is C19H34N4O2S. The average Bonchev–Trinajstić information content (AvgIpc) is 2.97. The molecule has 2 unspecified atom stereocenters. The summed E-state index contributed by atoms with van der Waals surface area (Å²) in [6.07, 6.45) is 7.75. The van der Waals surface area contributed by atoms with Crippen molar-refractivity contribution in [2.24, 2.45) is 11.7 Å². The molecule has 3 atom stereocenters. The Hall–Kier alpha value is -1.18. The van der Waals surface area contributed by atoms with E-state index in [1.807, 2.05) is 14.1 Å². The summed E-state index contributed by atoms with van der Waals surface area (Å²) in [5.74, 6) is 1.18. The van der Waals surface area contributed by atoms with E-state index in [0.717, 1.165) is 44.5 Å². The second-order valence-electron chi connectivity index (χ2n) is 7.04. The van der Waals surface area contributed by atoms with Crippen molar-refractivity contribution in [2.75, 3.05) is 40.0 Å². The molecule has 0 saturated heterocycles. The Balaban J connectivity index is 2.03. The van der Waals surface area contributed by atoms with Gasteiger partial charge in [-0.3, -0.25) is 4.79 Å². The maximum absolute atomic E-state index is 12.6. The van der Waals surface area contributed by atoms with Crippen LogP contribution in [0.4, 0.5) is 0 Å². The highest BCUT2D eigenvalue weighted by molar-refractivity contribution is 7.99. The zero-order chi connectivity index (χ0) is 19.1. The maximum atomic E-state index is 12.6. The minimum Gasteiger partial charge on any atom is -0.385 e. The summed E-state index contributed by atoms with van der Waals surface area (Å²) < 4.78 is 5.95. The lowest BCUT2D eigenvalue weighted by molar-refractivity contribution is -0.129. The fraction of sp³-hybridized carbons (Fsp3) is 0.737. The van der Waals surface area contributed by atoms with E-state index in [4.69, 9.17) is 10.5 Å². The van der Waals surface area contributed by atoms with Crippen molar-refractivity contribution in [3.8, 4) is 0 Å². The molecule has 6 nitrogen and oxygen atoms in total. The van der Waals surface area contributed by atoms with Crippen molar-refractivity contribution < 1.29 is 9.53 Å². The molecule has 2 aliphatic rings. The van der Waals surface area contributed by atoms with E-state index in [-0.39, 0.29) is 12.1 Å². The summed E-state index contributed by atoms with van der Waals surface area (Å²) in [6.45, 7) is 4.43. The molecule has 0 aromatic heterocycles. The molecule has 1 heterocycles. The van der Waals surface area contributed by atoms with E-state index < -0.39 is 0 Å². The first-order chi connectivity index (χ1) is 12.5. The number of nitrogens with two attached hydrogens (primary N) is 1. The van der Waals surface area contributed by atoms with Crippen LogP contribution < -0.4 is 16.4 Å². The Kier molecular flexibility index (Phi) is 8.31. The van der Waals surface area contributed by atoms with Gasteiger partial charge in [0.1, 0.15) is 12.0 Å². The normalized spacial score (nSPS) is 24.9. The highest BCUT2D eigenvalue weighted by Crippen LogP contribution is 2.44. The van der Waals surface area contributed by atoms with Crippen LogP contribution in [-0.2, 0) is 9.53 Å². The predicted octanol–water partition coefficient (Wildman–Crippen LogP) is 1.65. The number of hydrogen-bond donors (Lipinski definition) is 3. The molecule has 0 fully saturated rings. The molecule has 148 valence electrons. The number of carbonyl (C=O) groups excluding carboxylic acids is 1. The van der Waals surface area contributed by atoms with Crippen LogP contribution in [0, 0.1) is 5.92 Å². The second-order valence-corrected chi connectivity index (χ2v) is 8.02. The first-order valence-corrected chi connectivity index (χ1v) is 10.8. The van der Waals surface area contributed by atoms with Crippen LogP contribution in [0.5, 0.6) is 0 Å². The smallest absolute Gasteiger partial charge is 0.226 e. The van der Waals surface area contributed by atoms with Crippen LogP contribution >= 0.6 is 11.8 Å². The minimum absolute atomic E-state index is 0.0355. The number of fused-ring (bicyclic) bond motifs is 1. The van der Waals surface area contributed by atoms with Gasteiger partial charge in [-0.1, -0.05) is 19.4 Å². The van der Waals surface area contributed by atoms with Crippen molar-refractivity contribution in [2.45, 2.75) is 44.1 Å². The molecule has 1 aliphatic heterocycles. The third-order valence-corrected chi connectivity index (χ3v) is 6.26. The molecule has 1 amide bonds. The molecule has 7 heteroatoms. The van der Waals surface area contributed by atoms with Gasteiger partial charge in [-0.15, -0.1) is 0 Å². The van der Waals surface area contributed by atoms with Crippen LogP contribution in [0.15, 0.2) is 23.0 Å². The fourth-order valence-electron chi connectivity index (χ4n) is 3.55. The van der Waals surface area contributed by atoms with Gasteiger partial charge in [-0.2, -0.15) is 11.8 Å². The summed E-state index contributed by atoms with van der Waals surface area (Å²) >= 11 is 1.81. The Morgan fingerprint density at radius 3 is 2.96 bits per heavy atom. The van der Waals surface area contributed by atoms with Gasteiger partial charge < -0.3 is 26.0 Å². The molecular weight excluding hydrogens is 348 g/mol. The standard InChI is InChI=1S/C19H34N4O2S/c1-5-6-9-25-16-12-14-15(19(20)22-16)10-13(18(14)26-4)11-17(24)23(3)8-7-21-2/h10,14,16,18,21-22H,5-9,11-12,20H2,1-4H3/t14?,16-,18?/m1/s1. The Labute approximate surface area is 162 Å². The molecule has 2 rings (SSSR count). The third-order valence-electron chi connectivity index (χ3n) is 5.12. The second kappa shape index (κ2) is 10.2. The van der Waals surface area contributed by atoms with Crippen LogP contribution in [0.25, 0.3) is 0 Å². The summed E-state index contributed by atoms with van der Waals surface area (Å²) in [5.41, 5.74) is 8.60. The van der Waals surface area contributed by atoms with Crippen LogP contribution in [0.1, 0.15) is 32.6 Å². The monoisotopic (exact) mass is 382 g/mol. The number of hydrogen-bond acceptors (Lipinski definition) is 6. The first kappa shape index (κ1) is 21.1. The van der Waals surface area contributed by atoms with Crippen molar-refractivity contribution in [3.63, 3.8) is 0 Å². The molecule has 0 aromatic rings. The van der Waals surface area contributed by atoms with E-state index in [0.29, 0.717) is 23.4 Å². The van der Waals surface area contributed by atoms with E-state index in [1.54, 1.807) is 16.7 Å². The van der Waals surface area contributed by atoms with Gasteiger partial charge in [0, 0.05) is 50.8 Å². The summed E-state index contributed by atoms with van der Waals surface area (Å²) in [5, 5.41) is 6.67. The molecule has 1 aliphatic carbocycles. The Bertz CT molecular complexity index is 550. The molecule has 0 bridgehead atoms. The third kappa shape index (κ3) is 5.18. The summed E-state index contributed by atoms with van der Waals surface area (Å²) in [6, 6.07) is 0. The molecule has 0 aromatic carbocycles. The number of ether oxygens (including phenoxy) is 1. The van der Waals surface area contributed by atoms with Gasteiger partial charge in [0.05, 0.1) is 0 Å². The minimum atomic E-state index is -0.0355. The number of amides is 1. The van der Waals surface area contributed by atoms with E-state index in [2.05, 4.69) is 29.9 Å². The number of rotatable bonds is 10. The lowest BCUT2D eigenvalue weighted by Gasteiger charge is -2.33. The topological polar surface area (TPSA) is 79.6 Å². The van der Waals surface area contributed by atoms with Gasteiger partial charge in [-0.05, 0) is 30.9 Å². The first-order valence-electron chi connectivity index (χ1n) is 9.51. The number of nitrogens with one attached hydrogen (secondary N) is 2. The van der Waals surface area contributed by atoms with Gasteiger partial charge in [0.15, 0.2) is 0 Å². The van der Waals surface area contributed by atoms with Crippen LogP contribution in [0.3, 0.4) is 0 Å². The Morgan fingerprint density at radius 1 is 1.54 bits per heavy atom. The van der Waals surface area contributed by atoms with Crippen LogP contribution in [0.2, 0.25) is 0 Å². The highest BCUT2D eigenvalue weighted by Gasteiger charge is 2.39. The average molecular weight is 383 g/mol. The molecule has 0 spiro atoms. The van der Waals surface area contributed by atoms with Crippen molar-refractivity contribution in [3.05, 3.63) is 23.0 Å². The number of unbranched alkanes of at least 4 members (excludes halogenated alkanes) is 1. The van der Waals surface area contributed by atoms with Crippen LogP contribution in [-0.4, -0.2) is 62.3 Å². The SMILES string of the molecule is CCCCO[C@@H]1CC2C(=C(N)N1)C=C(CC(=O)N(C)CCNC)C2SC. The Morgan fingerprint density at radius 2 is 2.31 bits per heavy atom. The summed E-state index contributed by atoms with van der Waals surface area (Å²) in [4.78, 5) is 14.3. The molecule has 0 radical (unpaired) electrons. The lowest BCUT2D eigenvalue weighted by Crippen LogP contribution is -2.43. The fourth-order valence-corrected chi connectivity index (χ4v) is 4.59. The molecule has 4 N–H and O–H groups in total. The highest BCUT2D eigenvalue weighted by atomic mass is 32.2. The summed E-state index contributed by atoms with van der Waals surface area (Å²) in [7, 11) is 3.76. The number of allylic oxidation sites excluding steroid dienone is 2. The largest absolute Gasteiger partial charge is 0.385 e. The molecule has 26 heavy (non-hydrogen) atoms. The zero-order valence-corrected chi connectivity index (χ0v) is 17.3. The number of likely N-dealkylation sites (N-methyl/N-ethyl adjacent to an activating group) is 2. The number of thioether (sulfide) groups is 1. The molecule has 0 saturated carbocycles. The predicted molar refractivity (Wildman–Crippen MR) is 109 cm³/mol. The lowest BCUT2D eigenvalue weighted by atomic mass is 9.92. The number of nitrogens with zero attached hydrogens (tertiary/aromatic N) is 1.